The molecule has 0 saturated carbocycles. The van der Waals surface area contributed by atoms with Crippen LogP contribution in [0.4, 0.5) is 0 Å². The topological polar surface area (TPSA) is 60.2 Å². The lowest BCUT2D eigenvalue weighted by atomic mass is 10.1. The lowest BCUT2D eigenvalue weighted by Gasteiger charge is -2.30. The van der Waals surface area contributed by atoms with Crippen molar-refractivity contribution in [3.05, 3.63) is 24.0 Å². The molecule has 7 heteroatoms. The molecule has 2 unspecified atom stereocenters. The van der Waals surface area contributed by atoms with Gasteiger partial charge in [-0.25, -0.2) is 9.67 Å². The van der Waals surface area contributed by atoms with Crippen molar-refractivity contribution in [1.82, 2.24) is 19.7 Å². The number of carbonyl (C=O) groups is 1. The Labute approximate surface area is 158 Å². The minimum Gasteiger partial charge on any atom is -0.376 e. The number of carbonyl (C=O) groups excluding carboxylic acids is 1. The molecule has 0 aromatic carbocycles. The Hall–Kier alpha value is -1.60. The number of hydrogen-bond acceptors (Lipinski definition) is 5. The third kappa shape index (κ3) is 3.47. The number of pyridine rings is 1. The average molecular weight is 375 g/mol. The first-order valence-corrected chi connectivity index (χ1v) is 10.6. The van der Waals surface area contributed by atoms with E-state index in [9.17, 15) is 4.79 Å². The zero-order valence-corrected chi connectivity index (χ0v) is 16.2. The summed E-state index contributed by atoms with van der Waals surface area (Å²) in [4.78, 5) is 19.9. The second kappa shape index (κ2) is 7.56. The van der Waals surface area contributed by atoms with Crippen LogP contribution in [0.15, 0.2) is 18.5 Å². The first-order valence-electron chi connectivity index (χ1n) is 9.47. The second-order valence-electron chi connectivity index (χ2n) is 7.43. The molecule has 2 fully saturated rings. The van der Waals surface area contributed by atoms with Crippen LogP contribution in [0.1, 0.15) is 49.5 Å². The molecule has 0 radical (unpaired) electrons. The molecule has 2 aromatic heterocycles. The van der Waals surface area contributed by atoms with Crippen molar-refractivity contribution in [2.45, 2.75) is 51.3 Å². The van der Waals surface area contributed by atoms with Crippen molar-refractivity contribution in [2.75, 3.05) is 24.7 Å². The van der Waals surface area contributed by atoms with Crippen molar-refractivity contribution in [3.8, 4) is 0 Å². The summed E-state index contributed by atoms with van der Waals surface area (Å²) in [6.07, 6.45) is 6.87. The quantitative estimate of drug-likeness (QED) is 0.805. The molecule has 140 valence electrons. The van der Waals surface area contributed by atoms with Gasteiger partial charge in [0.05, 0.1) is 17.9 Å². The van der Waals surface area contributed by atoms with Crippen LogP contribution in [0.3, 0.4) is 0 Å². The lowest BCUT2D eigenvalue weighted by molar-refractivity contribution is 0.0441. The molecule has 0 N–H and O–H groups in total. The maximum Gasteiger partial charge on any atom is 0.255 e. The molecule has 2 aliphatic rings. The number of amides is 1. The maximum absolute atomic E-state index is 13.3. The van der Waals surface area contributed by atoms with Gasteiger partial charge in [-0.3, -0.25) is 4.79 Å². The molecule has 2 aromatic rings. The highest BCUT2D eigenvalue weighted by Gasteiger charge is 2.31. The van der Waals surface area contributed by atoms with Crippen LogP contribution in [-0.4, -0.2) is 62.4 Å². The Morgan fingerprint density at radius 2 is 2.31 bits per heavy atom. The molecule has 0 aliphatic carbocycles. The minimum absolute atomic E-state index is 0.0692. The van der Waals surface area contributed by atoms with Crippen molar-refractivity contribution in [1.29, 1.82) is 0 Å². The zero-order valence-electron chi connectivity index (χ0n) is 15.4. The summed E-state index contributed by atoms with van der Waals surface area (Å²) in [6, 6.07) is 2.47. The first kappa shape index (κ1) is 17.8. The van der Waals surface area contributed by atoms with E-state index in [1.54, 1.807) is 12.4 Å². The van der Waals surface area contributed by atoms with Crippen molar-refractivity contribution >= 4 is 28.7 Å². The van der Waals surface area contributed by atoms with Gasteiger partial charge in [0.25, 0.3) is 5.91 Å². The van der Waals surface area contributed by atoms with Gasteiger partial charge in [-0.2, -0.15) is 16.9 Å². The van der Waals surface area contributed by atoms with E-state index in [2.05, 4.69) is 23.9 Å². The number of rotatable bonds is 5. The van der Waals surface area contributed by atoms with Gasteiger partial charge in [0, 0.05) is 42.6 Å². The molecule has 4 rings (SSSR count). The maximum atomic E-state index is 13.3. The summed E-state index contributed by atoms with van der Waals surface area (Å²) in [5.74, 6) is 2.21. The normalized spacial score (nSPS) is 23.2. The van der Waals surface area contributed by atoms with Crippen LogP contribution in [0.2, 0.25) is 0 Å². The zero-order chi connectivity index (χ0) is 18.1. The summed E-state index contributed by atoms with van der Waals surface area (Å²) in [5.41, 5.74) is 1.48. The molecule has 6 nitrogen and oxygen atoms in total. The van der Waals surface area contributed by atoms with Crippen molar-refractivity contribution < 1.29 is 9.53 Å². The fourth-order valence-corrected chi connectivity index (χ4v) is 5.00. The third-order valence-electron chi connectivity index (χ3n) is 5.20. The fourth-order valence-electron chi connectivity index (χ4n) is 3.77. The third-order valence-corrected chi connectivity index (χ3v) is 6.35. The smallest absolute Gasteiger partial charge is 0.255 e. The Bertz CT molecular complexity index is 779. The molecule has 0 spiro atoms. The second-order valence-corrected chi connectivity index (χ2v) is 8.58. The van der Waals surface area contributed by atoms with Crippen LogP contribution in [-0.2, 0) is 4.74 Å². The van der Waals surface area contributed by atoms with Gasteiger partial charge >= 0.3 is 0 Å². The molecular weight excluding hydrogens is 348 g/mol. The predicted molar refractivity (Wildman–Crippen MR) is 104 cm³/mol. The summed E-state index contributed by atoms with van der Waals surface area (Å²) in [6.45, 7) is 5.66. The first-order chi connectivity index (χ1) is 12.6. The molecule has 1 amide bonds. The molecule has 4 heterocycles. The molecular formula is C19H26N4O2S. The molecule has 0 bridgehead atoms. The van der Waals surface area contributed by atoms with Crippen molar-refractivity contribution in [3.63, 3.8) is 0 Å². The van der Waals surface area contributed by atoms with E-state index in [0.717, 1.165) is 48.4 Å². The van der Waals surface area contributed by atoms with E-state index in [1.807, 2.05) is 27.4 Å². The number of thioether (sulfide) groups is 1. The molecule has 2 aliphatic heterocycles. The van der Waals surface area contributed by atoms with Gasteiger partial charge in [-0.15, -0.1) is 0 Å². The number of aromatic nitrogens is 3. The van der Waals surface area contributed by atoms with Crippen LogP contribution in [0, 0.1) is 0 Å². The Morgan fingerprint density at radius 1 is 1.42 bits per heavy atom. The summed E-state index contributed by atoms with van der Waals surface area (Å²) < 4.78 is 7.69. The van der Waals surface area contributed by atoms with E-state index in [4.69, 9.17) is 4.74 Å². The summed E-state index contributed by atoms with van der Waals surface area (Å²) in [5, 5.41) is 5.33. The summed E-state index contributed by atoms with van der Waals surface area (Å²) >= 11 is 1.93. The predicted octanol–water partition coefficient (Wildman–Crippen LogP) is 3.14. The van der Waals surface area contributed by atoms with Crippen LogP contribution >= 0.6 is 11.8 Å². The number of fused-ring (bicyclic) bond motifs is 1. The number of nitrogens with zero attached hydrogens (tertiary/aromatic N) is 4. The largest absolute Gasteiger partial charge is 0.376 e. The SMILES string of the molecule is CC(C)n1ncc2cc(C(=O)N(CC3CCCO3)C3CCSC3)cnc21. The molecule has 2 saturated heterocycles. The Morgan fingerprint density at radius 3 is 3.00 bits per heavy atom. The van der Waals surface area contributed by atoms with Crippen LogP contribution in [0.25, 0.3) is 11.0 Å². The highest BCUT2D eigenvalue weighted by Crippen LogP contribution is 2.26. The lowest BCUT2D eigenvalue weighted by Crippen LogP contribution is -2.44. The van der Waals surface area contributed by atoms with E-state index >= 15 is 0 Å². The minimum atomic E-state index is 0.0692. The number of hydrogen-bond donors (Lipinski definition) is 0. The average Bonchev–Trinajstić information content (AvgIpc) is 3.39. The monoisotopic (exact) mass is 374 g/mol. The Kier molecular flexibility index (Phi) is 5.18. The number of ether oxygens (including phenoxy) is 1. The molecule has 26 heavy (non-hydrogen) atoms. The van der Waals surface area contributed by atoms with Gasteiger partial charge in [0.1, 0.15) is 0 Å². The van der Waals surface area contributed by atoms with E-state index in [1.165, 1.54) is 0 Å². The van der Waals surface area contributed by atoms with E-state index < -0.39 is 0 Å². The standard InChI is InChI=1S/C19H26N4O2S/c1-13(2)23-18-14(10-21-23)8-15(9-20-18)19(24)22(16-5-7-26-12-16)11-17-4-3-6-25-17/h8-10,13,16-17H,3-7,11-12H2,1-2H3. The van der Waals surface area contributed by atoms with Gasteiger partial charge in [-0.05, 0) is 44.9 Å². The Balaban J connectivity index is 1.60. The van der Waals surface area contributed by atoms with Gasteiger partial charge in [0.2, 0.25) is 0 Å². The van der Waals surface area contributed by atoms with Gasteiger partial charge < -0.3 is 9.64 Å². The van der Waals surface area contributed by atoms with Crippen LogP contribution in [0.5, 0.6) is 0 Å². The highest BCUT2D eigenvalue weighted by atomic mass is 32.2. The van der Waals surface area contributed by atoms with E-state index in [-0.39, 0.29) is 18.1 Å². The highest BCUT2D eigenvalue weighted by molar-refractivity contribution is 7.99. The van der Waals surface area contributed by atoms with Gasteiger partial charge in [-0.1, -0.05) is 0 Å². The molecule has 2 atom stereocenters. The fraction of sp³-hybridized carbons (Fsp3) is 0.632. The van der Waals surface area contributed by atoms with Crippen molar-refractivity contribution in [2.24, 2.45) is 0 Å². The van der Waals surface area contributed by atoms with Crippen LogP contribution < -0.4 is 0 Å². The van der Waals surface area contributed by atoms with E-state index in [0.29, 0.717) is 18.2 Å². The summed E-state index contributed by atoms with van der Waals surface area (Å²) in [7, 11) is 0. The van der Waals surface area contributed by atoms with Gasteiger partial charge in [0.15, 0.2) is 5.65 Å².